The average Bonchev–Trinajstić information content (AvgIpc) is 3.34. The van der Waals surface area contributed by atoms with Gasteiger partial charge in [0.2, 0.25) is 0 Å². The van der Waals surface area contributed by atoms with Gasteiger partial charge in [0.15, 0.2) is 16.3 Å². The van der Waals surface area contributed by atoms with Gasteiger partial charge in [-0.05, 0) is 90.9 Å². The summed E-state index contributed by atoms with van der Waals surface area (Å²) in [6.07, 6.45) is 1.78. The number of carbonyl (C=O) groups excluding carboxylic acids is 1. The Morgan fingerprint density at radius 1 is 1.11 bits per heavy atom. The highest BCUT2D eigenvalue weighted by Gasteiger charge is 2.33. The fraction of sp³-hybridized carbons (Fsp3) is 0.235. The van der Waals surface area contributed by atoms with Crippen molar-refractivity contribution in [1.82, 2.24) is 4.57 Å². The molecule has 230 valence electrons. The number of ether oxygens (including phenoxy) is 4. The number of fused-ring (bicyclic) bond motifs is 1. The Bertz CT molecular complexity index is 2010. The largest absolute Gasteiger partial charge is 0.494 e. The predicted molar refractivity (Wildman–Crippen MR) is 179 cm³/mol. The number of rotatable bonds is 10. The van der Waals surface area contributed by atoms with E-state index in [0.717, 1.165) is 20.3 Å². The lowest BCUT2D eigenvalue weighted by molar-refractivity contribution is -0.139. The van der Waals surface area contributed by atoms with Crippen LogP contribution in [0.15, 0.2) is 81.7 Å². The second-order valence-electron chi connectivity index (χ2n) is 9.90. The lowest BCUT2D eigenvalue weighted by Gasteiger charge is -2.24. The van der Waals surface area contributed by atoms with Gasteiger partial charge >= 0.3 is 5.97 Å². The molecule has 11 heteroatoms. The molecule has 0 saturated carbocycles. The zero-order valence-corrected chi connectivity index (χ0v) is 28.1. The van der Waals surface area contributed by atoms with Crippen molar-refractivity contribution in [3.63, 3.8) is 0 Å². The van der Waals surface area contributed by atoms with E-state index < -0.39 is 12.0 Å². The second kappa shape index (κ2) is 14.1. The first kappa shape index (κ1) is 32.0. The molecule has 1 aliphatic rings. The summed E-state index contributed by atoms with van der Waals surface area (Å²) in [4.78, 5) is 32.3. The molecule has 0 radical (unpaired) electrons. The molecule has 1 aromatic heterocycles. The zero-order valence-electron chi connectivity index (χ0n) is 25.1. The number of thiazole rings is 1. The molecule has 9 nitrogen and oxygen atoms in total. The van der Waals surface area contributed by atoms with Crippen molar-refractivity contribution in [3.8, 4) is 23.3 Å². The first-order chi connectivity index (χ1) is 21.8. The number of carbonyl (C=O) groups is 1. The minimum atomic E-state index is -0.722. The number of esters is 1. The average molecular weight is 736 g/mol. The van der Waals surface area contributed by atoms with E-state index >= 15 is 0 Å². The van der Waals surface area contributed by atoms with Crippen molar-refractivity contribution < 1.29 is 23.7 Å². The number of nitriles is 1. The second-order valence-corrected chi connectivity index (χ2v) is 12.1. The van der Waals surface area contributed by atoms with Gasteiger partial charge in [0, 0.05) is 5.56 Å². The molecular weight excluding hydrogens is 705 g/mol. The fourth-order valence-electron chi connectivity index (χ4n) is 5.04. The van der Waals surface area contributed by atoms with Gasteiger partial charge in [-0.1, -0.05) is 41.7 Å². The number of hydrogen-bond donors (Lipinski definition) is 0. The lowest BCUT2D eigenvalue weighted by Crippen LogP contribution is -2.39. The first-order valence-corrected chi connectivity index (χ1v) is 16.1. The van der Waals surface area contributed by atoms with Crippen LogP contribution in [0.25, 0.3) is 6.08 Å². The molecule has 4 aromatic rings. The number of hydrogen-bond acceptors (Lipinski definition) is 9. The zero-order chi connectivity index (χ0) is 32.1. The molecule has 0 bridgehead atoms. The Kier molecular flexibility index (Phi) is 10.0. The van der Waals surface area contributed by atoms with Crippen LogP contribution in [0.3, 0.4) is 0 Å². The number of benzene rings is 3. The van der Waals surface area contributed by atoms with E-state index in [2.05, 4.69) is 33.7 Å². The molecule has 0 unspecified atom stereocenters. The summed E-state index contributed by atoms with van der Waals surface area (Å²) < 4.78 is 25.5. The molecule has 45 heavy (non-hydrogen) atoms. The summed E-state index contributed by atoms with van der Waals surface area (Å²) in [6, 6.07) is 19.8. The lowest BCUT2D eigenvalue weighted by atomic mass is 9.96. The van der Waals surface area contributed by atoms with E-state index in [4.69, 9.17) is 18.9 Å². The van der Waals surface area contributed by atoms with Crippen LogP contribution in [0.5, 0.6) is 17.2 Å². The maximum atomic E-state index is 14.0. The van der Waals surface area contributed by atoms with Gasteiger partial charge < -0.3 is 18.9 Å². The van der Waals surface area contributed by atoms with Crippen molar-refractivity contribution in [2.24, 2.45) is 4.99 Å². The number of methoxy groups -OCH3 is 1. The number of aromatic nitrogens is 1. The monoisotopic (exact) mass is 735 g/mol. The summed E-state index contributed by atoms with van der Waals surface area (Å²) in [5, 5.41) is 9.42. The highest BCUT2D eigenvalue weighted by atomic mass is 127. The van der Waals surface area contributed by atoms with E-state index in [9.17, 15) is 14.9 Å². The van der Waals surface area contributed by atoms with Gasteiger partial charge in [-0.15, -0.1) is 0 Å². The third-order valence-corrected chi connectivity index (χ3v) is 8.87. The Morgan fingerprint density at radius 3 is 2.56 bits per heavy atom. The Balaban J connectivity index is 1.56. The third kappa shape index (κ3) is 6.67. The Labute approximate surface area is 277 Å². The molecule has 3 aromatic carbocycles. The summed E-state index contributed by atoms with van der Waals surface area (Å²) in [5.74, 6) is 1.20. The maximum Gasteiger partial charge on any atom is 0.338 e. The number of halogens is 1. The Morgan fingerprint density at radius 2 is 1.87 bits per heavy atom. The molecule has 0 aliphatic carbocycles. The van der Waals surface area contributed by atoms with Crippen molar-refractivity contribution >= 4 is 46.0 Å². The third-order valence-electron chi connectivity index (χ3n) is 7.08. The SMILES string of the molecule is CCOC(=O)C1=C(C)N=c2s/c(=C\c3cc(I)c(OCc4ccccc4C#N)c(OC)c3)c(=O)n2[C@H]1c1ccc(OCC)cc1. The molecule has 0 amide bonds. The van der Waals surface area contributed by atoms with Gasteiger partial charge in [0.25, 0.3) is 5.56 Å². The summed E-state index contributed by atoms with van der Waals surface area (Å²) in [7, 11) is 1.55. The van der Waals surface area contributed by atoms with E-state index in [1.165, 1.54) is 11.3 Å². The van der Waals surface area contributed by atoms with Crippen LogP contribution < -0.4 is 29.1 Å². The van der Waals surface area contributed by atoms with Gasteiger partial charge in [0.05, 0.1) is 57.4 Å². The molecule has 0 N–H and O–H groups in total. The van der Waals surface area contributed by atoms with E-state index in [0.29, 0.717) is 50.0 Å². The van der Waals surface area contributed by atoms with Crippen molar-refractivity contribution in [2.75, 3.05) is 20.3 Å². The normalized spacial score (nSPS) is 14.3. The van der Waals surface area contributed by atoms with Gasteiger partial charge in [0.1, 0.15) is 12.4 Å². The maximum absolute atomic E-state index is 14.0. The molecule has 0 saturated heterocycles. The predicted octanol–water partition coefficient (Wildman–Crippen LogP) is 5.26. The summed E-state index contributed by atoms with van der Waals surface area (Å²) in [6.45, 7) is 6.32. The van der Waals surface area contributed by atoms with Crippen LogP contribution in [-0.4, -0.2) is 30.9 Å². The van der Waals surface area contributed by atoms with Crippen LogP contribution in [-0.2, 0) is 16.1 Å². The highest BCUT2D eigenvalue weighted by Crippen LogP contribution is 2.35. The van der Waals surface area contributed by atoms with Crippen molar-refractivity contribution in [3.05, 3.63) is 117 Å². The van der Waals surface area contributed by atoms with E-state index in [1.807, 2.05) is 55.5 Å². The first-order valence-electron chi connectivity index (χ1n) is 14.2. The molecule has 0 fully saturated rings. The molecule has 2 heterocycles. The molecule has 1 atom stereocenters. The Hall–Kier alpha value is -4.41. The van der Waals surface area contributed by atoms with E-state index in [1.54, 1.807) is 43.7 Å². The molecule has 0 spiro atoms. The van der Waals surface area contributed by atoms with Crippen LogP contribution >= 0.6 is 33.9 Å². The van der Waals surface area contributed by atoms with Gasteiger partial charge in [-0.3, -0.25) is 9.36 Å². The van der Waals surface area contributed by atoms with Crippen molar-refractivity contribution in [1.29, 1.82) is 5.26 Å². The molecule has 1 aliphatic heterocycles. The van der Waals surface area contributed by atoms with Crippen LogP contribution in [0.1, 0.15) is 49.1 Å². The standard InChI is InChI=1S/C34H30IN3O6S/c1-5-42-25-13-11-22(12-14-25)30-29(33(40)43-6-2)20(3)37-34-38(30)32(39)28(45-34)17-21-15-26(35)31(27(16-21)41-4)44-19-24-10-8-7-9-23(24)18-36/h7-17,30H,5-6,19H2,1-4H3/b28-17-/t30-/m0/s1. The number of allylic oxidation sites excluding steroid dienone is 1. The minimum absolute atomic E-state index is 0.195. The summed E-state index contributed by atoms with van der Waals surface area (Å²) >= 11 is 3.41. The topological polar surface area (TPSA) is 112 Å². The van der Waals surface area contributed by atoms with Gasteiger partial charge in [-0.2, -0.15) is 5.26 Å². The van der Waals surface area contributed by atoms with Gasteiger partial charge in [-0.25, -0.2) is 9.79 Å². The molecular formula is C34H30IN3O6S. The fourth-order valence-corrected chi connectivity index (χ4v) is 6.87. The highest BCUT2D eigenvalue weighted by molar-refractivity contribution is 14.1. The molecule has 5 rings (SSSR count). The van der Waals surface area contributed by atoms with Crippen molar-refractivity contribution in [2.45, 2.75) is 33.4 Å². The summed E-state index contributed by atoms with van der Waals surface area (Å²) in [5.41, 5.74) is 3.30. The smallest absolute Gasteiger partial charge is 0.338 e. The minimum Gasteiger partial charge on any atom is -0.494 e. The van der Waals surface area contributed by atoms with Crippen LogP contribution in [0.4, 0.5) is 0 Å². The van der Waals surface area contributed by atoms with Crippen LogP contribution in [0, 0.1) is 14.9 Å². The van der Waals surface area contributed by atoms with E-state index in [-0.39, 0.29) is 18.8 Å². The number of nitrogens with zero attached hydrogens (tertiary/aromatic N) is 3. The van der Waals surface area contributed by atoms with Crippen LogP contribution in [0.2, 0.25) is 0 Å². The quantitative estimate of drug-likeness (QED) is 0.161.